The first-order valence-corrected chi connectivity index (χ1v) is 9.18. The lowest BCUT2D eigenvalue weighted by molar-refractivity contribution is 0.0923. The Balaban J connectivity index is 1.46. The van der Waals surface area contributed by atoms with E-state index in [2.05, 4.69) is 20.7 Å². The highest BCUT2D eigenvalue weighted by atomic mass is 32.2. The lowest BCUT2D eigenvalue weighted by atomic mass is 9.95. The van der Waals surface area contributed by atoms with Crippen molar-refractivity contribution >= 4 is 29.0 Å². The Morgan fingerprint density at radius 3 is 2.68 bits per heavy atom. The molecule has 0 spiro atoms. The van der Waals surface area contributed by atoms with Crippen molar-refractivity contribution < 1.29 is 9.21 Å². The molecule has 0 bridgehead atoms. The summed E-state index contributed by atoms with van der Waals surface area (Å²) in [4.78, 5) is 20.6. The number of amides is 1. The summed E-state index contributed by atoms with van der Waals surface area (Å²) >= 11 is 3.59. The minimum absolute atomic E-state index is 0.136. The van der Waals surface area contributed by atoms with Crippen LogP contribution in [0.4, 0.5) is 0 Å². The van der Waals surface area contributed by atoms with E-state index >= 15 is 0 Å². The quantitative estimate of drug-likeness (QED) is 0.923. The number of nitrogens with zero attached hydrogens (tertiary/aromatic N) is 2. The minimum Gasteiger partial charge on any atom is -0.448 e. The zero-order valence-corrected chi connectivity index (χ0v) is 14.3. The summed E-state index contributed by atoms with van der Waals surface area (Å²) in [7, 11) is 0. The highest BCUT2D eigenvalue weighted by Gasteiger charge is 2.24. The molecular formula is C15H19N3O2S2. The van der Waals surface area contributed by atoms with Gasteiger partial charge < -0.3 is 9.73 Å². The molecule has 1 N–H and O–H groups in total. The molecule has 1 saturated carbocycles. The van der Waals surface area contributed by atoms with Crippen LogP contribution in [0.5, 0.6) is 0 Å². The van der Waals surface area contributed by atoms with E-state index < -0.39 is 0 Å². The van der Waals surface area contributed by atoms with E-state index in [0.29, 0.717) is 16.8 Å². The summed E-state index contributed by atoms with van der Waals surface area (Å²) in [6.45, 7) is 3.76. The number of hydrogen-bond donors (Lipinski definition) is 1. The van der Waals surface area contributed by atoms with Gasteiger partial charge in [0, 0.05) is 29.3 Å². The number of hydrogen-bond acceptors (Lipinski definition) is 6. The van der Waals surface area contributed by atoms with E-state index in [1.807, 2.05) is 18.7 Å². The maximum atomic E-state index is 12.1. The molecule has 1 aliphatic carbocycles. The molecule has 1 fully saturated rings. The molecule has 0 unspecified atom stereocenters. The Morgan fingerprint density at radius 1 is 1.32 bits per heavy atom. The molecule has 0 aromatic carbocycles. The average molecular weight is 337 g/mol. The van der Waals surface area contributed by atoms with Crippen LogP contribution in [0.2, 0.25) is 0 Å². The molecule has 22 heavy (non-hydrogen) atoms. The van der Waals surface area contributed by atoms with Gasteiger partial charge in [0.05, 0.1) is 0 Å². The van der Waals surface area contributed by atoms with Crippen LogP contribution in [0.1, 0.15) is 47.8 Å². The fourth-order valence-electron chi connectivity index (χ4n) is 2.58. The molecule has 2 aromatic rings. The van der Waals surface area contributed by atoms with Gasteiger partial charge in [0.1, 0.15) is 10.6 Å². The minimum atomic E-state index is -0.136. The highest BCUT2D eigenvalue weighted by Crippen LogP contribution is 2.35. The van der Waals surface area contributed by atoms with Gasteiger partial charge in [-0.1, -0.05) is 11.8 Å². The van der Waals surface area contributed by atoms with Crippen LogP contribution in [0.15, 0.2) is 20.4 Å². The fourth-order valence-corrected chi connectivity index (χ4v) is 4.87. The van der Waals surface area contributed by atoms with Gasteiger partial charge in [0.25, 0.3) is 5.91 Å². The number of thioether (sulfide) groups is 1. The Bertz CT molecular complexity index is 645. The van der Waals surface area contributed by atoms with Gasteiger partial charge in [0.15, 0.2) is 11.6 Å². The maximum Gasteiger partial charge on any atom is 0.273 e. The summed E-state index contributed by atoms with van der Waals surface area (Å²) in [5.41, 5.74) is 1.46. The van der Waals surface area contributed by atoms with Crippen LogP contribution in [0.25, 0.3) is 0 Å². The second-order valence-electron chi connectivity index (χ2n) is 5.57. The average Bonchev–Trinajstić information content (AvgIpc) is 3.10. The van der Waals surface area contributed by atoms with Crippen molar-refractivity contribution in [3.05, 3.63) is 28.9 Å². The molecule has 0 atom stereocenters. The Kier molecular flexibility index (Phi) is 4.83. The van der Waals surface area contributed by atoms with E-state index in [4.69, 9.17) is 4.42 Å². The first kappa shape index (κ1) is 15.6. The molecule has 2 aromatic heterocycles. The van der Waals surface area contributed by atoms with E-state index in [1.165, 1.54) is 6.26 Å². The van der Waals surface area contributed by atoms with Crippen molar-refractivity contribution in [1.82, 2.24) is 15.3 Å². The van der Waals surface area contributed by atoms with Gasteiger partial charge in [-0.3, -0.25) is 4.79 Å². The number of aryl methyl sites for hydroxylation is 2. The van der Waals surface area contributed by atoms with Crippen molar-refractivity contribution in [2.24, 2.45) is 0 Å². The van der Waals surface area contributed by atoms with Crippen molar-refractivity contribution in [1.29, 1.82) is 0 Å². The molecule has 0 aliphatic heterocycles. The number of oxazole rings is 1. The molecule has 0 saturated heterocycles. The van der Waals surface area contributed by atoms with E-state index in [9.17, 15) is 4.79 Å². The van der Waals surface area contributed by atoms with Crippen LogP contribution in [-0.4, -0.2) is 27.2 Å². The SMILES string of the molecule is Cc1csc(SC2CCC(NC(=O)c3coc(C)n3)CC2)n1. The first-order valence-electron chi connectivity index (χ1n) is 7.42. The largest absolute Gasteiger partial charge is 0.448 e. The normalized spacial score (nSPS) is 21.7. The fraction of sp³-hybridized carbons (Fsp3) is 0.533. The van der Waals surface area contributed by atoms with Crippen molar-refractivity contribution in [3.8, 4) is 0 Å². The molecule has 7 heteroatoms. The Labute approximate surface area is 137 Å². The third-order valence-electron chi connectivity index (χ3n) is 3.73. The number of thiazole rings is 1. The molecular weight excluding hydrogens is 318 g/mol. The molecule has 3 rings (SSSR count). The second-order valence-corrected chi connectivity index (χ2v) is 7.98. The smallest absolute Gasteiger partial charge is 0.273 e. The first-order chi connectivity index (χ1) is 10.6. The predicted molar refractivity (Wildman–Crippen MR) is 87.5 cm³/mol. The van der Waals surface area contributed by atoms with Gasteiger partial charge in [-0.25, -0.2) is 9.97 Å². The standard InChI is InChI=1S/C15H19N3O2S2/c1-9-8-21-15(16-9)22-12-5-3-11(4-6-12)18-14(19)13-7-20-10(2)17-13/h7-8,11-12H,3-6H2,1-2H3,(H,18,19). The summed E-state index contributed by atoms with van der Waals surface area (Å²) < 4.78 is 6.23. The van der Waals surface area contributed by atoms with E-state index in [-0.39, 0.29) is 11.9 Å². The number of aromatic nitrogens is 2. The molecule has 2 heterocycles. The number of carbonyl (C=O) groups is 1. The maximum absolute atomic E-state index is 12.1. The summed E-state index contributed by atoms with van der Waals surface area (Å²) in [6, 6.07) is 0.236. The molecule has 118 valence electrons. The lowest BCUT2D eigenvalue weighted by Crippen LogP contribution is -2.38. The van der Waals surface area contributed by atoms with E-state index in [1.54, 1.807) is 18.3 Å². The van der Waals surface area contributed by atoms with Gasteiger partial charge >= 0.3 is 0 Å². The molecule has 1 aliphatic rings. The molecule has 5 nitrogen and oxygen atoms in total. The molecule has 1 amide bonds. The highest BCUT2D eigenvalue weighted by molar-refractivity contribution is 8.01. The van der Waals surface area contributed by atoms with Gasteiger partial charge in [-0.05, 0) is 32.6 Å². The van der Waals surface area contributed by atoms with Crippen LogP contribution >= 0.6 is 23.1 Å². The zero-order chi connectivity index (χ0) is 15.5. The number of rotatable bonds is 4. The van der Waals surface area contributed by atoms with Gasteiger partial charge in [-0.15, -0.1) is 11.3 Å². The van der Waals surface area contributed by atoms with Crippen LogP contribution in [0.3, 0.4) is 0 Å². The van der Waals surface area contributed by atoms with Crippen LogP contribution in [-0.2, 0) is 0 Å². The summed E-state index contributed by atoms with van der Waals surface area (Å²) in [5.74, 6) is 0.382. The van der Waals surface area contributed by atoms with Crippen molar-refractivity contribution in [2.45, 2.75) is 55.2 Å². The number of carbonyl (C=O) groups excluding carboxylic acids is 1. The third kappa shape index (κ3) is 3.89. The van der Waals surface area contributed by atoms with Crippen LogP contribution in [0, 0.1) is 13.8 Å². The van der Waals surface area contributed by atoms with Crippen LogP contribution < -0.4 is 5.32 Å². The number of nitrogens with one attached hydrogen (secondary N) is 1. The second kappa shape index (κ2) is 6.83. The van der Waals surface area contributed by atoms with Crippen molar-refractivity contribution in [2.75, 3.05) is 0 Å². The lowest BCUT2D eigenvalue weighted by Gasteiger charge is -2.27. The Morgan fingerprint density at radius 2 is 2.09 bits per heavy atom. The summed E-state index contributed by atoms with van der Waals surface area (Å²) in [6.07, 6.45) is 5.63. The third-order valence-corrected chi connectivity index (χ3v) is 6.15. The predicted octanol–water partition coefficient (Wildman–Crippen LogP) is 3.58. The monoisotopic (exact) mass is 337 g/mol. The topological polar surface area (TPSA) is 68.0 Å². The zero-order valence-electron chi connectivity index (χ0n) is 12.7. The summed E-state index contributed by atoms with van der Waals surface area (Å²) in [5, 5.41) is 5.75. The van der Waals surface area contributed by atoms with Gasteiger partial charge in [0.2, 0.25) is 0 Å². The van der Waals surface area contributed by atoms with E-state index in [0.717, 1.165) is 35.7 Å². The van der Waals surface area contributed by atoms with Crippen molar-refractivity contribution in [3.63, 3.8) is 0 Å². The molecule has 0 radical (unpaired) electrons. The van der Waals surface area contributed by atoms with Gasteiger partial charge in [-0.2, -0.15) is 0 Å². The Hall–Kier alpha value is -1.34.